The highest BCUT2D eigenvalue weighted by molar-refractivity contribution is 6.16. The molecule has 48 heavy (non-hydrogen) atoms. The van der Waals surface area contributed by atoms with Crippen molar-refractivity contribution in [1.82, 2.24) is 15.0 Å². The molecule has 0 radical (unpaired) electrons. The van der Waals surface area contributed by atoms with Crippen LogP contribution in [-0.4, -0.2) is 15.0 Å². The number of hydrogen-bond donors (Lipinski definition) is 0. The van der Waals surface area contributed by atoms with Crippen molar-refractivity contribution in [1.29, 1.82) is 0 Å². The second kappa shape index (κ2) is 10.5. The van der Waals surface area contributed by atoms with E-state index in [9.17, 15) is 0 Å². The monoisotopic (exact) mass is 615 g/mol. The summed E-state index contributed by atoms with van der Waals surface area (Å²) in [5.41, 5.74) is 10.8. The molecule has 5 nitrogen and oxygen atoms in total. The lowest BCUT2D eigenvalue weighted by Crippen LogP contribution is -1.96. The molecule has 0 N–H and O–H groups in total. The average Bonchev–Trinajstić information content (AvgIpc) is 3.73. The minimum absolute atomic E-state index is 0.650. The van der Waals surface area contributed by atoms with E-state index in [1.54, 1.807) is 0 Å². The molecule has 224 valence electrons. The third-order valence-corrected chi connectivity index (χ3v) is 9.11. The maximum absolute atomic E-state index is 6.29. The number of rotatable bonds is 4. The summed E-state index contributed by atoms with van der Waals surface area (Å²) < 4.78 is 12.5. The number of nitrogens with zero attached hydrogens (tertiary/aromatic N) is 3. The largest absolute Gasteiger partial charge is 0.456 e. The lowest BCUT2D eigenvalue weighted by Gasteiger charge is -2.11. The van der Waals surface area contributed by atoms with Crippen molar-refractivity contribution < 1.29 is 8.83 Å². The molecule has 4 aromatic heterocycles. The summed E-state index contributed by atoms with van der Waals surface area (Å²) in [7, 11) is 0. The molecule has 0 aliphatic carbocycles. The molecule has 10 rings (SSSR count). The number of para-hydroxylation sites is 2. The zero-order valence-corrected chi connectivity index (χ0v) is 25.6. The Hall–Kier alpha value is -6.59. The minimum atomic E-state index is 0.650. The van der Waals surface area contributed by atoms with Crippen LogP contribution in [0.15, 0.2) is 160 Å². The number of fused-ring (bicyclic) bond motifs is 8. The van der Waals surface area contributed by atoms with Crippen molar-refractivity contribution in [3.63, 3.8) is 0 Å². The molecular weight excluding hydrogens is 590 g/mol. The van der Waals surface area contributed by atoms with Crippen LogP contribution in [0, 0.1) is 0 Å². The number of benzene rings is 6. The van der Waals surface area contributed by atoms with Crippen molar-refractivity contribution in [2.45, 2.75) is 0 Å². The first-order valence-electron chi connectivity index (χ1n) is 15.9. The quantitative estimate of drug-likeness (QED) is 0.197. The van der Waals surface area contributed by atoms with Gasteiger partial charge in [0, 0.05) is 49.2 Å². The molecule has 0 amide bonds. The number of hydrogen-bond acceptors (Lipinski definition) is 5. The van der Waals surface area contributed by atoms with Crippen LogP contribution in [0.2, 0.25) is 0 Å². The van der Waals surface area contributed by atoms with E-state index in [0.29, 0.717) is 5.82 Å². The summed E-state index contributed by atoms with van der Waals surface area (Å²) in [6.45, 7) is 0. The summed E-state index contributed by atoms with van der Waals surface area (Å²) in [5, 5.41) is 5.21. The third kappa shape index (κ3) is 4.15. The molecule has 10 aromatic rings. The van der Waals surface area contributed by atoms with E-state index >= 15 is 0 Å². The van der Waals surface area contributed by atoms with Crippen LogP contribution in [0.5, 0.6) is 0 Å². The zero-order valence-electron chi connectivity index (χ0n) is 25.6. The average molecular weight is 616 g/mol. The predicted molar refractivity (Wildman–Crippen MR) is 194 cm³/mol. The number of pyridine rings is 1. The summed E-state index contributed by atoms with van der Waals surface area (Å²) in [5.74, 6) is 0.650. The van der Waals surface area contributed by atoms with Crippen LogP contribution in [0.3, 0.4) is 0 Å². The van der Waals surface area contributed by atoms with Crippen LogP contribution in [-0.2, 0) is 0 Å². The van der Waals surface area contributed by atoms with Gasteiger partial charge in [-0.05, 0) is 30.3 Å². The topological polar surface area (TPSA) is 65.0 Å². The van der Waals surface area contributed by atoms with Gasteiger partial charge in [0.05, 0.1) is 17.1 Å². The van der Waals surface area contributed by atoms with Crippen LogP contribution >= 0.6 is 0 Å². The van der Waals surface area contributed by atoms with Crippen LogP contribution in [0.4, 0.5) is 0 Å². The van der Waals surface area contributed by atoms with Gasteiger partial charge in [0.15, 0.2) is 11.4 Å². The van der Waals surface area contributed by atoms with Crippen molar-refractivity contribution in [3.05, 3.63) is 152 Å². The maximum Gasteiger partial charge on any atom is 0.161 e. The Morgan fingerprint density at radius 2 is 1.02 bits per heavy atom. The van der Waals surface area contributed by atoms with Gasteiger partial charge in [-0.15, -0.1) is 0 Å². The predicted octanol–water partition coefficient (Wildman–Crippen LogP) is 11.5. The Morgan fingerprint density at radius 3 is 1.83 bits per heavy atom. The van der Waals surface area contributed by atoms with Crippen molar-refractivity contribution in [2.24, 2.45) is 0 Å². The Bertz CT molecular complexity index is 2830. The molecule has 5 heteroatoms. The van der Waals surface area contributed by atoms with Gasteiger partial charge in [0.1, 0.15) is 22.3 Å². The summed E-state index contributed by atoms with van der Waals surface area (Å²) in [6.07, 6.45) is 0. The standard InChI is InChI=1S/C43H25N3O2/c1-2-11-26(12-3-1)34-25-35(31-17-10-20-38-39(31)32-15-6-8-18-36(32)47-38)45-43(44-34)28-23-21-27(22-24-28)40-29-13-4-5-14-30(29)42-41(46-40)33-16-7-9-19-37(33)48-42/h1-25H. The minimum Gasteiger partial charge on any atom is -0.456 e. The smallest absolute Gasteiger partial charge is 0.161 e. The van der Waals surface area contributed by atoms with E-state index in [4.69, 9.17) is 23.8 Å². The molecule has 0 aliphatic heterocycles. The molecular formula is C43H25N3O2. The van der Waals surface area contributed by atoms with Crippen molar-refractivity contribution >= 4 is 54.8 Å². The highest BCUT2D eigenvalue weighted by Gasteiger charge is 2.18. The van der Waals surface area contributed by atoms with Gasteiger partial charge in [-0.1, -0.05) is 121 Å². The lowest BCUT2D eigenvalue weighted by molar-refractivity contribution is 0.669. The Labute approximate surface area is 274 Å². The SMILES string of the molecule is c1ccc(-c2cc(-c3cccc4oc5ccccc5c34)nc(-c3ccc(-c4nc5c6ccccc6oc5c5ccccc45)cc3)n2)cc1. The van der Waals surface area contributed by atoms with E-state index < -0.39 is 0 Å². The normalized spacial score (nSPS) is 11.8. The van der Waals surface area contributed by atoms with Crippen LogP contribution in [0.25, 0.3) is 99.9 Å². The zero-order chi connectivity index (χ0) is 31.6. The molecule has 0 saturated carbocycles. The third-order valence-electron chi connectivity index (χ3n) is 9.11. The van der Waals surface area contributed by atoms with Crippen molar-refractivity contribution in [2.75, 3.05) is 0 Å². The molecule has 0 spiro atoms. The molecule has 0 bridgehead atoms. The van der Waals surface area contributed by atoms with Gasteiger partial charge in [-0.2, -0.15) is 0 Å². The number of furan rings is 2. The fraction of sp³-hybridized carbons (Fsp3) is 0. The van der Waals surface area contributed by atoms with Crippen LogP contribution < -0.4 is 0 Å². The number of aromatic nitrogens is 3. The first-order chi connectivity index (χ1) is 23.8. The molecule has 0 unspecified atom stereocenters. The van der Waals surface area contributed by atoms with E-state index in [-0.39, 0.29) is 0 Å². The van der Waals surface area contributed by atoms with Crippen LogP contribution in [0.1, 0.15) is 0 Å². The molecule has 6 aromatic carbocycles. The van der Waals surface area contributed by atoms with E-state index in [1.165, 1.54) is 0 Å². The molecule has 0 saturated heterocycles. The van der Waals surface area contributed by atoms with Gasteiger partial charge in [0.2, 0.25) is 0 Å². The second-order valence-corrected chi connectivity index (χ2v) is 12.0. The first kappa shape index (κ1) is 26.6. The highest BCUT2D eigenvalue weighted by atomic mass is 16.3. The molecule has 0 fully saturated rings. The fourth-order valence-electron chi connectivity index (χ4n) is 6.84. The fourth-order valence-corrected chi connectivity index (χ4v) is 6.84. The maximum atomic E-state index is 6.29. The second-order valence-electron chi connectivity index (χ2n) is 12.0. The Kier molecular flexibility index (Phi) is 5.81. The van der Waals surface area contributed by atoms with Gasteiger partial charge < -0.3 is 8.83 Å². The van der Waals surface area contributed by atoms with E-state index in [1.807, 2.05) is 78.9 Å². The summed E-state index contributed by atoms with van der Waals surface area (Å²) in [4.78, 5) is 15.4. The van der Waals surface area contributed by atoms with E-state index in [0.717, 1.165) is 94.1 Å². The molecule has 0 aliphatic rings. The lowest BCUT2D eigenvalue weighted by atomic mass is 10.0. The van der Waals surface area contributed by atoms with Gasteiger partial charge in [0.25, 0.3) is 0 Å². The summed E-state index contributed by atoms with van der Waals surface area (Å²) >= 11 is 0. The molecule has 0 atom stereocenters. The Morgan fingerprint density at radius 1 is 0.396 bits per heavy atom. The van der Waals surface area contributed by atoms with Gasteiger partial charge in [-0.25, -0.2) is 15.0 Å². The van der Waals surface area contributed by atoms with E-state index in [2.05, 4.69) is 72.8 Å². The molecule has 4 heterocycles. The first-order valence-corrected chi connectivity index (χ1v) is 15.9. The van der Waals surface area contributed by atoms with Gasteiger partial charge in [-0.3, -0.25) is 0 Å². The van der Waals surface area contributed by atoms with Gasteiger partial charge >= 0.3 is 0 Å². The Balaban J connectivity index is 1.15. The van der Waals surface area contributed by atoms with Crippen molar-refractivity contribution in [3.8, 4) is 45.2 Å². The summed E-state index contributed by atoms with van der Waals surface area (Å²) in [6, 6.07) is 51.4. The highest BCUT2D eigenvalue weighted by Crippen LogP contribution is 2.39.